The van der Waals surface area contributed by atoms with Gasteiger partial charge in [0.2, 0.25) is 0 Å². The number of aromatic nitrogens is 1. The van der Waals surface area contributed by atoms with Gasteiger partial charge < -0.3 is 0 Å². The molecule has 0 aliphatic heterocycles. The number of halogens is 1. The van der Waals surface area contributed by atoms with E-state index in [0.717, 1.165) is 12.1 Å². The van der Waals surface area contributed by atoms with Crippen molar-refractivity contribution in [2.24, 2.45) is 5.92 Å². The Morgan fingerprint density at radius 2 is 2.00 bits per heavy atom. The molecular formula is C12H18ClN. The molecule has 0 aliphatic rings. The quantitative estimate of drug-likeness (QED) is 0.690. The van der Waals surface area contributed by atoms with E-state index in [-0.39, 0.29) is 5.38 Å². The maximum atomic E-state index is 6.32. The van der Waals surface area contributed by atoms with Crippen LogP contribution in [0.3, 0.4) is 0 Å². The number of hydrogen-bond acceptors (Lipinski definition) is 1. The van der Waals surface area contributed by atoms with Crippen molar-refractivity contribution >= 4 is 11.6 Å². The minimum Gasteiger partial charge on any atom is -0.261 e. The second-order valence-corrected chi connectivity index (χ2v) is 4.75. The summed E-state index contributed by atoms with van der Waals surface area (Å²) >= 11 is 6.32. The maximum Gasteiger partial charge on any atom is 0.0446 e. The third-order valence-corrected chi connectivity index (χ3v) is 2.95. The highest BCUT2D eigenvalue weighted by Gasteiger charge is 2.18. The van der Waals surface area contributed by atoms with Gasteiger partial charge in [-0.3, -0.25) is 4.98 Å². The van der Waals surface area contributed by atoms with E-state index in [9.17, 15) is 0 Å². The maximum absolute atomic E-state index is 6.32. The highest BCUT2D eigenvalue weighted by Crippen LogP contribution is 2.26. The molecule has 0 bridgehead atoms. The molecule has 1 aromatic heterocycles. The normalized spacial score (nSPS) is 15.5. The Hall–Kier alpha value is -0.560. The Balaban J connectivity index is 2.61. The average molecular weight is 212 g/mol. The van der Waals surface area contributed by atoms with Crippen LogP contribution in [0, 0.1) is 5.92 Å². The fraction of sp³-hybridized carbons (Fsp3) is 0.583. The molecule has 0 N–H and O–H groups in total. The summed E-state index contributed by atoms with van der Waals surface area (Å²) in [6.45, 7) is 6.53. The van der Waals surface area contributed by atoms with Crippen LogP contribution in [-0.4, -0.2) is 10.4 Å². The molecule has 0 radical (unpaired) electrons. The van der Waals surface area contributed by atoms with E-state index in [2.05, 4.69) is 25.8 Å². The fourth-order valence-corrected chi connectivity index (χ4v) is 1.97. The van der Waals surface area contributed by atoms with Gasteiger partial charge in [0.05, 0.1) is 0 Å². The minimum atomic E-state index is 0.185. The van der Waals surface area contributed by atoms with Crippen LogP contribution in [0.2, 0.25) is 0 Å². The smallest absolute Gasteiger partial charge is 0.0446 e. The first-order valence-electron chi connectivity index (χ1n) is 5.16. The van der Waals surface area contributed by atoms with Gasteiger partial charge in [0.15, 0.2) is 0 Å². The molecule has 0 spiro atoms. The summed E-state index contributed by atoms with van der Waals surface area (Å²) in [7, 11) is 0. The van der Waals surface area contributed by atoms with Crippen molar-refractivity contribution in [3.05, 3.63) is 30.1 Å². The fourth-order valence-electron chi connectivity index (χ4n) is 1.49. The van der Waals surface area contributed by atoms with E-state index in [1.165, 1.54) is 0 Å². The van der Waals surface area contributed by atoms with Crippen molar-refractivity contribution in [2.75, 3.05) is 0 Å². The molecule has 0 aromatic carbocycles. The lowest BCUT2D eigenvalue weighted by atomic mass is 9.96. The Kier molecular flexibility index (Phi) is 4.40. The first-order chi connectivity index (χ1) is 6.61. The first kappa shape index (κ1) is 11.5. The predicted octanol–water partition coefficient (Wildman–Crippen LogP) is 3.84. The Bertz CT molecular complexity index is 258. The van der Waals surface area contributed by atoms with Crippen molar-refractivity contribution in [3.63, 3.8) is 0 Å². The zero-order valence-corrected chi connectivity index (χ0v) is 9.83. The molecule has 1 rings (SSSR count). The average Bonchev–Trinajstić information content (AvgIpc) is 2.17. The molecule has 1 nitrogen and oxygen atoms in total. The first-order valence-corrected chi connectivity index (χ1v) is 5.60. The molecule has 2 unspecified atom stereocenters. The number of alkyl halides is 1. The van der Waals surface area contributed by atoms with E-state index >= 15 is 0 Å². The van der Waals surface area contributed by atoms with Gasteiger partial charge in [-0.05, 0) is 24.5 Å². The molecule has 0 aliphatic carbocycles. The van der Waals surface area contributed by atoms with Gasteiger partial charge in [-0.1, -0.05) is 26.8 Å². The molecule has 0 amide bonds. The summed E-state index contributed by atoms with van der Waals surface area (Å²) in [6.07, 6.45) is 2.87. The highest BCUT2D eigenvalue weighted by atomic mass is 35.5. The zero-order chi connectivity index (χ0) is 10.6. The van der Waals surface area contributed by atoms with Gasteiger partial charge in [0, 0.05) is 23.2 Å². The van der Waals surface area contributed by atoms with Crippen molar-refractivity contribution in [2.45, 2.75) is 38.5 Å². The molecule has 0 fully saturated rings. The molecule has 1 heterocycles. The van der Waals surface area contributed by atoms with Crippen LogP contribution < -0.4 is 0 Å². The highest BCUT2D eigenvalue weighted by molar-refractivity contribution is 6.21. The predicted molar refractivity (Wildman–Crippen MR) is 61.7 cm³/mol. The molecule has 0 saturated carbocycles. The van der Waals surface area contributed by atoms with E-state index in [1.54, 1.807) is 0 Å². The molecular weight excluding hydrogens is 194 g/mol. The van der Waals surface area contributed by atoms with Gasteiger partial charge in [-0.2, -0.15) is 0 Å². The van der Waals surface area contributed by atoms with Crippen LogP contribution in [-0.2, 0) is 0 Å². The summed E-state index contributed by atoms with van der Waals surface area (Å²) < 4.78 is 0. The van der Waals surface area contributed by atoms with Crippen LogP contribution in [0.1, 0.15) is 38.8 Å². The van der Waals surface area contributed by atoms with Crippen LogP contribution >= 0.6 is 11.6 Å². The summed E-state index contributed by atoms with van der Waals surface area (Å²) in [5.74, 6) is 0.976. The second kappa shape index (κ2) is 5.35. The summed E-state index contributed by atoms with van der Waals surface area (Å²) in [5.41, 5.74) is 1.09. The van der Waals surface area contributed by atoms with Gasteiger partial charge >= 0.3 is 0 Å². The van der Waals surface area contributed by atoms with Gasteiger partial charge in [0.25, 0.3) is 0 Å². The van der Waals surface area contributed by atoms with Crippen molar-refractivity contribution in [3.8, 4) is 0 Å². The van der Waals surface area contributed by atoms with E-state index in [4.69, 9.17) is 11.6 Å². The summed E-state index contributed by atoms with van der Waals surface area (Å²) in [4.78, 5) is 4.32. The number of rotatable bonds is 4. The van der Waals surface area contributed by atoms with Crippen molar-refractivity contribution in [1.29, 1.82) is 0 Å². The SMILES string of the molecule is CC(C)CC(Cl)C(C)c1ccccn1. The molecule has 78 valence electrons. The lowest BCUT2D eigenvalue weighted by molar-refractivity contribution is 0.519. The Morgan fingerprint density at radius 1 is 1.29 bits per heavy atom. The third kappa shape index (κ3) is 3.30. The lowest BCUT2D eigenvalue weighted by Crippen LogP contribution is -2.13. The monoisotopic (exact) mass is 211 g/mol. The van der Waals surface area contributed by atoms with Crippen molar-refractivity contribution in [1.82, 2.24) is 4.98 Å². The summed E-state index contributed by atoms with van der Waals surface area (Å²) in [6, 6.07) is 5.99. The minimum absolute atomic E-state index is 0.185. The number of hydrogen-bond donors (Lipinski definition) is 0. The number of nitrogens with zero attached hydrogens (tertiary/aromatic N) is 1. The number of pyridine rings is 1. The largest absolute Gasteiger partial charge is 0.261 e. The Labute approximate surface area is 91.5 Å². The van der Waals surface area contributed by atoms with E-state index in [1.807, 2.05) is 24.4 Å². The van der Waals surface area contributed by atoms with Crippen LogP contribution in [0.5, 0.6) is 0 Å². The molecule has 0 saturated heterocycles. The Morgan fingerprint density at radius 3 is 2.50 bits per heavy atom. The van der Waals surface area contributed by atoms with Crippen LogP contribution in [0.25, 0.3) is 0 Å². The van der Waals surface area contributed by atoms with Gasteiger partial charge in [-0.25, -0.2) is 0 Å². The molecule has 14 heavy (non-hydrogen) atoms. The third-order valence-electron chi connectivity index (χ3n) is 2.39. The summed E-state index contributed by atoms with van der Waals surface area (Å²) in [5, 5.41) is 0.185. The van der Waals surface area contributed by atoms with Crippen LogP contribution in [0.15, 0.2) is 24.4 Å². The molecule has 2 atom stereocenters. The van der Waals surface area contributed by atoms with E-state index in [0.29, 0.717) is 11.8 Å². The second-order valence-electron chi connectivity index (χ2n) is 4.19. The van der Waals surface area contributed by atoms with Crippen LogP contribution in [0.4, 0.5) is 0 Å². The lowest BCUT2D eigenvalue weighted by Gasteiger charge is -2.18. The van der Waals surface area contributed by atoms with Gasteiger partial charge in [0.1, 0.15) is 0 Å². The van der Waals surface area contributed by atoms with Crippen molar-refractivity contribution < 1.29 is 0 Å². The standard InChI is InChI=1S/C12H18ClN/c1-9(2)8-11(13)10(3)12-6-4-5-7-14-12/h4-7,9-11H,8H2,1-3H3. The van der Waals surface area contributed by atoms with E-state index < -0.39 is 0 Å². The molecule has 2 heteroatoms. The zero-order valence-electron chi connectivity index (χ0n) is 9.07. The topological polar surface area (TPSA) is 12.9 Å². The molecule has 1 aromatic rings. The van der Waals surface area contributed by atoms with Gasteiger partial charge in [-0.15, -0.1) is 11.6 Å².